The molecular formula is C14H12FN3. The van der Waals surface area contributed by atoms with Gasteiger partial charge in [0.15, 0.2) is 0 Å². The highest BCUT2D eigenvalue weighted by Crippen LogP contribution is 2.25. The van der Waals surface area contributed by atoms with Crippen molar-refractivity contribution in [1.82, 2.24) is 0 Å². The number of nitrogen functional groups attached to an aromatic ring is 1. The summed E-state index contributed by atoms with van der Waals surface area (Å²) >= 11 is 0. The van der Waals surface area contributed by atoms with Gasteiger partial charge < -0.3 is 11.1 Å². The summed E-state index contributed by atoms with van der Waals surface area (Å²) in [5.74, 6) is -0.282. The van der Waals surface area contributed by atoms with Crippen LogP contribution >= 0.6 is 0 Å². The molecule has 0 heterocycles. The van der Waals surface area contributed by atoms with Gasteiger partial charge in [-0.15, -0.1) is 0 Å². The summed E-state index contributed by atoms with van der Waals surface area (Å²) in [6.45, 7) is 1.70. The first-order valence-electron chi connectivity index (χ1n) is 5.43. The lowest BCUT2D eigenvalue weighted by atomic mass is 10.1. The molecule has 0 saturated heterocycles. The minimum absolute atomic E-state index is 0.282. The van der Waals surface area contributed by atoms with Gasteiger partial charge in [0.05, 0.1) is 23.0 Å². The average molecular weight is 241 g/mol. The van der Waals surface area contributed by atoms with E-state index >= 15 is 0 Å². The van der Waals surface area contributed by atoms with Crippen LogP contribution < -0.4 is 11.1 Å². The molecule has 90 valence electrons. The summed E-state index contributed by atoms with van der Waals surface area (Å²) in [7, 11) is 0. The molecule has 2 rings (SSSR count). The van der Waals surface area contributed by atoms with Crippen LogP contribution in [0.25, 0.3) is 0 Å². The van der Waals surface area contributed by atoms with E-state index in [2.05, 4.69) is 5.32 Å². The molecule has 0 atom stereocenters. The minimum Gasteiger partial charge on any atom is -0.397 e. The molecule has 0 radical (unpaired) electrons. The molecule has 0 unspecified atom stereocenters. The molecule has 0 spiro atoms. The zero-order chi connectivity index (χ0) is 13.1. The number of rotatable bonds is 2. The Morgan fingerprint density at radius 1 is 1.22 bits per heavy atom. The van der Waals surface area contributed by atoms with Gasteiger partial charge in [0.25, 0.3) is 0 Å². The van der Waals surface area contributed by atoms with E-state index in [1.54, 1.807) is 37.3 Å². The number of aryl methyl sites for hydroxylation is 1. The minimum atomic E-state index is -0.282. The number of nitrogens with zero attached hydrogens (tertiary/aromatic N) is 1. The predicted octanol–water partition coefficient (Wildman–Crippen LogP) is 3.33. The van der Waals surface area contributed by atoms with E-state index in [4.69, 9.17) is 11.0 Å². The Kier molecular flexibility index (Phi) is 3.16. The van der Waals surface area contributed by atoms with Crippen LogP contribution in [0.2, 0.25) is 0 Å². The van der Waals surface area contributed by atoms with Crippen LogP contribution in [0.1, 0.15) is 11.1 Å². The van der Waals surface area contributed by atoms with E-state index in [1.165, 1.54) is 6.07 Å². The van der Waals surface area contributed by atoms with E-state index < -0.39 is 0 Å². The third-order valence-corrected chi connectivity index (χ3v) is 2.63. The number of halogens is 1. The van der Waals surface area contributed by atoms with Crippen LogP contribution in [0.15, 0.2) is 36.4 Å². The number of hydrogen-bond acceptors (Lipinski definition) is 3. The Morgan fingerprint density at radius 2 is 2.00 bits per heavy atom. The van der Waals surface area contributed by atoms with E-state index in [-0.39, 0.29) is 5.82 Å². The summed E-state index contributed by atoms with van der Waals surface area (Å²) < 4.78 is 13.4. The first-order valence-corrected chi connectivity index (χ1v) is 5.43. The SMILES string of the molecule is Cc1ccc(Nc2cc(C#N)ccc2N)cc1F. The lowest BCUT2D eigenvalue weighted by molar-refractivity contribution is 0.619. The predicted molar refractivity (Wildman–Crippen MR) is 70.0 cm³/mol. The molecule has 2 aromatic carbocycles. The molecule has 3 N–H and O–H groups in total. The summed E-state index contributed by atoms with van der Waals surface area (Å²) in [6.07, 6.45) is 0. The highest BCUT2D eigenvalue weighted by molar-refractivity contribution is 5.74. The fraction of sp³-hybridized carbons (Fsp3) is 0.0714. The van der Waals surface area contributed by atoms with E-state index in [0.717, 1.165) is 0 Å². The highest BCUT2D eigenvalue weighted by Gasteiger charge is 2.03. The summed E-state index contributed by atoms with van der Waals surface area (Å²) in [4.78, 5) is 0. The van der Waals surface area contributed by atoms with Crippen LogP contribution in [0, 0.1) is 24.1 Å². The maximum Gasteiger partial charge on any atom is 0.128 e. The van der Waals surface area contributed by atoms with Gasteiger partial charge in [-0.2, -0.15) is 5.26 Å². The standard InChI is InChI=1S/C14H12FN3/c1-9-2-4-11(7-12(9)15)18-14-6-10(8-16)3-5-13(14)17/h2-7,18H,17H2,1H3. The van der Waals surface area contributed by atoms with Crippen LogP contribution in [0.3, 0.4) is 0 Å². The quantitative estimate of drug-likeness (QED) is 0.793. The number of nitriles is 1. The highest BCUT2D eigenvalue weighted by atomic mass is 19.1. The second-order valence-corrected chi connectivity index (χ2v) is 4.00. The van der Waals surface area contributed by atoms with Gasteiger partial charge in [-0.25, -0.2) is 4.39 Å². The van der Waals surface area contributed by atoms with Crippen molar-refractivity contribution >= 4 is 17.1 Å². The van der Waals surface area contributed by atoms with Crippen molar-refractivity contribution in [3.8, 4) is 6.07 Å². The Labute approximate surface area is 105 Å². The molecule has 2 aromatic rings. The van der Waals surface area contributed by atoms with Gasteiger partial charge >= 0.3 is 0 Å². The second-order valence-electron chi connectivity index (χ2n) is 4.00. The fourth-order valence-corrected chi connectivity index (χ4v) is 1.56. The molecule has 0 aliphatic rings. The summed E-state index contributed by atoms with van der Waals surface area (Å²) in [5, 5.41) is 11.8. The largest absolute Gasteiger partial charge is 0.397 e. The van der Waals surface area contributed by atoms with Gasteiger partial charge in [0.1, 0.15) is 5.82 Å². The van der Waals surface area contributed by atoms with Gasteiger partial charge in [-0.1, -0.05) is 6.07 Å². The molecule has 0 aliphatic carbocycles. The maximum atomic E-state index is 13.4. The lowest BCUT2D eigenvalue weighted by Gasteiger charge is -2.10. The number of hydrogen-bond donors (Lipinski definition) is 2. The average Bonchev–Trinajstić information content (AvgIpc) is 2.36. The first-order chi connectivity index (χ1) is 8.60. The molecule has 0 bridgehead atoms. The summed E-state index contributed by atoms with van der Waals surface area (Å²) in [5.41, 5.74) is 8.58. The number of benzene rings is 2. The molecule has 0 aromatic heterocycles. The van der Waals surface area contributed by atoms with Crippen molar-refractivity contribution in [1.29, 1.82) is 5.26 Å². The molecule has 0 fully saturated rings. The van der Waals surface area contributed by atoms with Crippen LogP contribution in [-0.4, -0.2) is 0 Å². The van der Waals surface area contributed by atoms with Crippen molar-refractivity contribution in [2.24, 2.45) is 0 Å². The Morgan fingerprint density at radius 3 is 2.67 bits per heavy atom. The van der Waals surface area contributed by atoms with Crippen molar-refractivity contribution in [2.45, 2.75) is 6.92 Å². The molecular weight excluding hydrogens is 229 g/mol. The molecule has 0 aliphatic heterocycles. The zero-order valence-corrected chi connectivity index (χ0v) is 9.87. The van der Waals surface area contributed by atoms with Crippen LogP contribution in [-0.2, 0) is 0 Å². The van der Waals surface area contributed by atoms with Crippen molar-refractivity contribution in [3.63, 3.8) is 0 Å². The second kappa shape index (κ2) is 4.76. The van der Waals surface area contributed by atoms with Gasteiger partial charge in [-0.05, 0) is 42.8 Å². The third kappa shape index (κ3) is 2.41. The number of anilines is 3. The van der Waals surface area contributed by atoms with Gasteiger partial charge in [-0.3, -0.25) is 0 Å². The zero-order valence-electron chi connectivity index (χ0n) is 9.87. The molecule has 3 nitrogen and oxygen atoms in total. The smallest absolute Gasteiger partial charge is 0.128 e. The lowest BCUT2D eigenvalue weighted by Crippen LogP contribution is -1.97. The van der Waals surface area contributed by atoms with E-state index in [1.807, 2.05) is 6.07 Å². The number of nitrogens with one attached hydrogen (secondary N) is 1. The summed E-state index contributed by atoms with van der Waals surface area (Å²) in [6, 6.07) is 11.8. The van der Waals surface area contributed by atoms with Gasteiger partial charge in [0, 0.05) is 5.69 Å². The third-order valence-electron chi connectivity index (χ3n) is 2.63. The molecule has 18 heavy (non-hydrogen) atoms. The van der Waals surface area contributed by atoms with Crippen LogP contribution in [0.5, 0.6) is 0 Å². The first kappa shape index (κ1) is 11.9. The molecule has 0 amide bonds. The monoisotopic (exact) mass is 241 g/mol. The van der Waals surface area contributed by atoms with Crippen LogP contribution in [0.4, 0.5) is 21.5 Å². The van der Waals surface area contributed by atoms with Crippen molar-refractivity contribution < 1.29 is 4.39 Å². The van der Waals surface area contributed by atoms with Gasteiger partial charge in [0.2, 0.25) is 0 Å². The van der Waals surface area contributed by atoms with E-state index in [0.29, 0.717) is 28.2 Å². The molecule has 0 saturated carbocycles. The Hall–Kier alpha value is -2.54. The maximum absolute atomic E-state index is 13.4. The Bertz CT molecular complexity index is 629. The Balaban J connectivity index is 2.33. The normalized spacial score (nSPS) is 9.83. The topological polar surface area (TPSA) is 61.8 Å². The molecule has 4 heteroatoms. The number of nitrogens with two attached hydrogens (primary N) is 1. The van der Waals surface area contributed by atoms with Crippen molar-refractivity contribution in [2.75, 3.05) is 11.1 Å². The van der Waals surface area contributed by atoms with Crippen molar-refractivity contribution in [3.05, 3.63) is 53.3 Å². The van der Waals surface area contributed by atoms with E-state index in [9.17, 15) is 4.39 Å². The fourth-order valence-electron chi connectivity index (χ4n) is 1.56.